The summed E-state index contributed by atoms with van der Waals surface area (Å²) in [5.41, 5.74) is 1.71. The summed E-state index contributed by atoms with van der Waals surface area (Å²) in [5.74, 6) is 0.186. The molecule has 0 atom stereocenters. The molecule has 2 amide bonds. The zero-order valence-electron chi connectivity index (χ0n) is 24.0. The molecule has 3 aromatic rings. The molecule has 1 aliphatic carbocycles. The first-order valence-electron chi connectivity index (χ1n) is 13.3. The number of nitrogens with one attached hydrogen (secondary N) is 2. The SMILES string of the molecule is CC(C)(C)OC(=O)NC1CCCCC1.COc1cc(CNC(=O)c2cc(-c3cc(C)no3)nc(C)n2)ccc1F. The third-order valence-electron chi connectivity index (χ3n) is 5.95. The maximum Gasteiger partial charge on any atom is 0.407 e. The molecule has 0 radical (unpaired) electrons. The maximum atomic E-state index is 13.4. The van der Waals surface area contributed by atoms with E-state index in [9.17, 15) is 14.0 Å². The van der Waals surface area contributed by atoms with Gasteiger partial charge in [0.15, 0.2) is 17.3 Å². The Morgan fingerprint density at radius 1 is 1.07 bits per heavy atom. The van der Waals surface area contributed by atoms with Crippen LogP contribution >= 0.6 is 0 Å². The lowest BCUT2D eigenvalue weighted by Crippen LogP contribution is -2.39. The number of carbonyl (C=O) groups excluding carboxylic acids is 2. The second kappa shape index (κ2) is 13.9. The minimum absolute atomic E-state index is 0.123. The predicted molar refractivity (Wildman–Crippen MR) is 147 cm³/mol. The van der Waals surface area contributed by atoms with Gasteiger partial charge in [-0.15, -0.1) is 0 Å². The van der Waals surface area contributed by atoms with Gasteiger partial charge in [0, 0.05) is 18.7 Å². The van der Waals surface area contributed by atoms with Crippen LogP contribution in [0.2, 0.25) is 0 Å². The molecule has 2 aromatic heterocycles. The second-order valence-corrected chi connectivity index (χ2v) is 10.7. The van der Waals surface area contributed by atoms with Crippen molar-refractivity contribution in [1.29, 1.82) is 0 Å². The van der Waals surface area contributed by atoms with Crippen LogP contribution < -0.4 is 15.4 Å². The predicted octanol–water partition coefficient (Wildman–Crippen LogP) is 5.67. The van der Waals surface area contributed by atoms with Crippen LogP contribution in [0, 0.1) is 19.7 Å². The van der Waals surface area contributed by atoms with E-state index >= 15 is 0 Å². The smallest absolute Gasteiger partial charge is 0.407 e. The van der Waals surface area contributed by atoms with Crippen LogP contribution in [0.4, 0.5) is 9.18 Å². The van der Waals surface area contributed by atoms with Crippen LogP contribution in [0.5, 0.6) is 5.75 Å². The van der Waals surface area contributed by atoms with Crippen LogP contribution in [0.3, 0.4) is 0 Å². The number of aromatic nitrogens is 3. The van der Waals surface area contributed by atoms with E-state index in [0.29, 0.717) is 34.6 Å². The van der Waals surface area contributed by atoms with Gasteiger partial charge >= 0.3 is 6.09 Å². The Morgan fingerprint density at radius 3 is 2.42 bits per heavy atom. The van der Waals surface area contributed by atoms with Gasteiger partial charge < -0.3 is 24.6 Å². The molecule has 0 aliphatic heterocycles. The lowest BCUT2D eigenvalue weighted by molar-refractivity contribution is 0.0493. The molecule has 0 bridgehead atoms. The molecular weight excluding hydrogens is 517 g/mol. The number of amides is 2. The minimum atomic E-state index is -0.457. The fraction of sp³-hybridized carbons (Fsp3) is 0.483. The molecule has 1 fully saturated rings. The number of halogens is 1. The molecule has 1 aromatic carbocycles. The molecular formula is C29H38FN5O5. The molecule has 11 heteroatoms. The number of alkyl carbamates (subject to hydrolysis) is 1. The average Bonchev–Trinajstić information content (AvgIpc) is 3.34. The Hall–Kier alpha value is -4.02. The monoisotopic (exact) mass is 555 g/mol. The summed E-state index contributed by atoms with van der Waals surface area (Å²) in [4.78, 5) is 32.2. The van der Waals surface area contributed by atoms with E-state index in [4.69, 9.17) is 14.0 Å². The highest BCUT2D eigenvalue weighted by atomic mass is 19.1. The van der Waals surface area contributed by atoms with Gasteiger partial charge in [0.2, 0.25) is 0 Å². The number of hydrogen-bond donors (Lipinski definition) is 2. The molecule has 2 heterocycles. The van der Waals surface area contributed by atoms with Gasteiger partial charge in [-0.2, -0.15) is 0 Å². The van der Waals surface area contributed by atoms with Gasteiger partial charge in [-0.05, 0) is 71.2 Å². The summed E-state index contributed by atoms with van der Waals surface area (Å²) in [7, 11) is 1.39. The van der Waals surface area contributed by atoms with Crippen molar-refractivity contribution in [3.63, 3.8) is 0 Å². The lowest BCUT2D eigenvalue weighted by Gasteiger charge is -2.25. The highest BCUT2D eigenvalue weighted by molar-refractivity contribution is 5.93. The Bertz CT molecular complexity index is 1300. The van der Waals surface area contributed by atoms with E-state index in [1.54, 1.807) is 26.0 Å². The molecule has 0 saturated heterocycles. The Morgan fingerprint density at radius 2 is 1.80 bits per heavy atom. The highest BCUT2D eigenvalue weighted by Gasteiger charge is 2.20. The van der Waals surface area contributed by atoms with E-state index in [0.717, 1.165) is 12.8 Å². The molecule has 1 saturated carbocycles. The van der Waals surface area contributed by atoms with Crippen molar-refractivity contribution in [3.8, 4) is 17.2 Å². The molecule has 0 unspecified atom stereocenters. The van der Waals surface area contributed by atoms with Crippen molar-refractivity contribution in [2.45, 2.75) is 84.9 Å². The lowest BCUT2D eigenvalue weighted by atomic mass is 9.96. The molecule has 216 valence electrons. The van der Waals surface area contributed by atoms with Crippen molar-refractivity contribution >= 4 is 12.0 Å². The first kappa shape index (κ1) is 30.5. The Kier molecular flexibility index (Phi) is 10.6. The summed E-state index contributed by atoms with van der Waals surface area (Å²) >= 11 is 0. The fourth-order valence-corrected chi connectivity index (χ4v) is 4.10. The van der Waals surface area contributed by atoms with E-state index in [-0.39, 0.29) is 30.0 Å². The van der Waals surface area contributed by atoms with Gasteiger partial charge in [0.05, 0.1) is 12.8 Å². The van der Waals surface area contributed by atoms with Crippen LogP contribution in [0.1, 0.15) is 80.4 Å². The highest BCUT2D eigenvalue weighted by Crippen LogP contribution is 2.20. The van der Waals surface area contributed by atoms with Crippen LogP contribution in [0.15, 0.2) is 34.9 Å². The first-order chi connectivity index (χ1) is 18.9. The first-order valence-corrected chi connectivity index (χ1v) is 13.3. The number of ether oxygens (including phenoxy) is 2. The summed E-state index contributed by atoms with van der Waals surface area (Å²) < 4.78 is 28.8. The quantitative estimate of drug-likeness (QED) is 0.398. The minimum Gasteiger partial charge on any atom is -0.494 e. The number of rotatable bonds is 6. The number of aryl methyl sites for hydroxylation is 2. The second-order valence-electron chi connectivity index (χ2n) is 10.7. The van der Waals surface area contributed by atoms with Gasteiger partial charge in [-0.25, -0.2) is 19.2 Å². The van der Waals surface area contributed by atoms with E-state index < -0.39 is 11.4 Å². The number of nitrogens with zero attached hydrogens (tertiary/aromatic N) is 3. The third kappa shape index (κ3) is 9.62. The van der Waals surface area contributed by atoms with Crippen LogP contribution in [-0.4, -0.2) is 45.9 Å². The summed E-state index contributed by atoms with van der Waals surface area (Å²) in [6, 6.07) is 8.00. The summed E-state index contributed by atoms with van der Waals surface area (Å²) in [5, 5.41) is 9.48. The average molecular weight is 556 g/mol. The number of benzene rings is 1. The number of hydrogen-bond acceptors (Lipinski definition) is 8. The molecule has 40 heavy (non-hydrogen) atoms. The van der Waals surface area contributed by atoms with Crippen molar-refractivity contribution in [3.05, 3.63) is 58.9 Å². The van der Waals surface area contributed by atoms with Crippen LogP contribution in [-0.2, 0) is 11.3 Å². The van der Waals surface area contributed by atoms with E-state index in [1.165, 1.54) is 44.6 Å². The fourth-order valence-electron chi connectivity index (χ4n) is 4.10. The van der Waals surface area contributed by atoms with E-state index in [1.807, 2.05) is 20.8 Å². The summed E-state index contributed by atoms with van der Waals surface area (Å²) in [6.45, 7) is 9.34. The molecule has 10 nitrogen and oxygen atoms in total. The normalized spacial score (nSPS) is 13.6. The number of methoxy groups -OCH3 is 1. The van der Waals surface area contributed by atoms with Crippen molar-refractivity contribution in [2.75, 3.05) is 7.11 Å². The Labute approximate surface area is 234 Å². The van der Waals surface area contributed by atoms with E-state index in [2.05, 4.69) is 25.8 Å². The van der Waals surface area contributed by atoms with Crippen molar-refractivity contribution < 1.29 is 28.0 Å². The zero-order valence-corrected chi connectivity index (χ0v) is 24.0. The third-order valence-corrected chi connectivity index (χ3v) is 5.95. The van der Waals surface area contributed by atoms with Crippen molar-refractivity contribution in [2.24, 2.45) is 0 Å². The maximum absolute atomic E-state index is 13.4. The van der Waals surface area contributed by atoms with Gasteiger partial charge in [-0.3, -0.25) is 4.79 Å². The Balaban J connectivity index is 0.000000267. The van der Waals surface area contributed by atoms with Crippen LogP contribution in [0.25, 0.3) is 11.5 Å². The largest absolute Gasteiger partial charge is 0.494 e. The molecule has 2 N–H and O–H groups in total. The topological polar surface area (TPSA) is 128 Å². The van der Waals surface area contributed by atoms with Crippen molar-refractivity contribution in [1.82, 2.24) is 25.8 Å². The standard InChI is InChI=1S/C18H17FN4O3.C11H21NO2/c1-10-6-17(26-23-10)14-8-15(22-11(2)21-14)18(24)20-9-12-4-5-13(19)16(7-12)25-3;1-11(2,3)14-10(13)12-9-7-5-4-6-8-9/h4-8H,9H2,1-3H3,(H,20,24);9H,4-8H2,1-3H3,(H,12,13). The summed E-state index contributed by atoms with van der Waals surface area (Å²) in [6.07, 6.45) is 5.66. The van der Waals surface area contributed by atoms with Gasteiger partial charge in [-0.1, -0.05) is 30.5 Å². The number of carbonyl (C=O) groups is 2. The molecule has 0 spiro atoms. The molecule has 4 rings (SSSR count). The van der Waals surface area contributed by atoms with Gasteiger partial charge in [0.25, 0.3) is 5.91 Å². The van der Waals surface area contributed by atoms with Gasteiger partial charge in [0.1, 0.15) is 22.8 Å². The zero-order chi connectivity index (χ0) is 29.3. The molecule has 1 aliphatic rings.